The van der Waals surface area contributed by atoms with E-state index in [4.69, 9.17) is 15.2 Å². The Hall–Kier alpha value is -3.53. The fourth-order valence-electron chi connectivity index (χ4n) is 10.8. The zero-order chi connectivity index (χ0) is 37.9. The van der Waals surface area contributed by atoms with E-state index in [1.165, 1.54) is 51.3 Å². The van der Waals surface area contributed by atoms with Gasteiger partial charge < -0.3 is 19.8 Å². The Bertz CT molecular complexity index is 2040. The summed E-state index contributed by atoms with van der Waals surface area (Å²) in [6.45, 7) is 10.2. The summed E-state index contributed by atoms with van der Waals surface area (Å²) < 4.78 is 15.0. The number of carbonyl (C=O) groups excluding carboxylic acids is 2. The molecule has 1 amide bonds. The molecular formula is C44H55BrN4O4. The van der Waals surface area contributed by atoms with Crippen molar-refractivity contribution in [3.05, 3.63) is 98.9 Å². The average molecular weight is 784 g/mol. The number of likely N-dealkylation sites (N-methyl/N-ethyl adjacent to an activating group) is 1. The lowest BCUT2D eigenvalue weighted by Crippen LogP contribution is -2.59. The third-order valence-corrected chi connectivity index (χ3v) is 14.0. The molecule has 1 aliphatic heterocycles. The number of carbonyl (C=O) groups is 2. The number of amides is 1. The van der Waals surface area contributed by atoms with E-state index in [1.807, 2.05) is 7.11 Å². The van der Waals surface area contributed by atoms with Crippen LogP contribution in [-0.4, -0.2) is 59.7 Å². The third-order valence-electron chi connectivity index (χ3n) is 13.5. The van der Waals surface area contributed by atoms with Crippen molar-refractivity contribution in [2.45, 2.75) is 95.6 Å². The second-order valence-electron chi connectivity index (χ2n) is 17.0. The number of rotatable bonds is 6. The number of halogens is 1. The second-order valence-corrected chi connectivity index (χ2v) is 17.9. The molecule has 2 fully saturated rings. The topological polar surface area (TPSA) is 99.7 Å². The molecular weight excluding hydrogens is 728 g/mol. The lowest BCUT2D eigenvalue weighted by Gasteiger charge is -2.54. The monoisotopic (exact) mass is 782 g/mol. The number of hydrogen-bond acceptors (Lipinski definition) is 6. The zero-order valence-corrected chi connectivity index (χ0v) is 34.0. The van der Waals surface area contributed by atoms with Gasteiger partial charge in [0.2, 0.25) is 5.91 Å². The summed E-state index contributed by atoms with van der Waals surface area (Å²) in [5, 5.41) is 1.31. The molecule has 6 atom stereocenters. The summed E-state index contributed by atoms with van der Waals surface area (Å²) >= 11 is 3.35. The standard InChI is InChI=1S/C24H26BrN3O3.C20H29NO/c1-27-13-17-8-21-24(30-3,19-5-4-6-20(27)22(17)19)9-15(12-28(21)2)14-31-23(29)16-7-18(25)11-26-10-16;1-13(2)14-6-8-16-15(12-14)7-9-17-19(16,3)10-5-11-20(17,4)18(21)22/h4-7,10-11,13,15,21H,8-9,12,14H2,1-3H3;6,8,12-13,17H,5,7,9-11H2,1-4H3,(H2,21,22). The van der Waals surface area contributed by atoms with Crippen LogP contribution in [0, 0.1) is 17.3 Å². The van der Waals surface area contributed by atoms with Crippen LogP contribution in [0.4, 0.5) is 0 Å². The number of esters is 1. The quantitative estimate of drug-likeness (QED) is 0.198. The minimum absolute atomic E-state index is 0.102. The fourth-order valence-corrected chi connectivity index (χ4v) is 11.2. The summed E-state index contributed by atoms with van der Waals surface area (Å²) in [5.41, 5.74) is 13.9. The number of aromatic nitrogens is 2. The van der Waals surface area contributed by atoms with Crippen LogP contribution in [0.15, 0.2) is 65.5 Å². The third kappa shape index (κ3) is 6.44. The number of methoxy groups -OCH3 is 1. The number of ether oxygens (including phenoxy) is 2. The highest BCUT2D eigenvalue weighted by Gasteiger charge is 2.55. The Morgan fingerprint density at radius 3 is 2.57 bits per heavy atom. The number of nitrogens with zero attached hydrogens (tertiary/aromatic N) is 3. The lowest BCUT2D eigenvalue weighted by atomic mass is 9.49. The van der Waals surface area contributed by atoms with Gasteiger partial charge in [-0.15, -0.1) is 0 Å². The van der Waals surface area contributed by atoms with Crippen molar-refractivity contribution in [1.29, 1.82) is 0 Å². The molecule has 53 heavy (non-hydrogen) atoms. The molecule has 282 valence electrons. The molecule has 1 saturated carbocycles. The zero-order valence-electron chi connectivity index (χ0n) is 32.4. The van der Waals surface area contributed by atoms with Gasteiger partial charge in [-0.05, 0) is 119 Å². The number of primary amides is 1. The summed E-state index contributed by atoms with van der Waals surface area (Å²) in [7, 11) is 6.07. The number of hydrogen-bond donors (Lipinski definition) is 1. The summed E-state index contributed by atoms with van der Waals surface area (Å²) in [6, 6.07) is 15.5. The largest absolute Gasteiger partial charge is 0.462 e. The van der Waals surface area contributed by atoms with Crippen molar-refractivity contribution >= 4 is 38.7 Å². The van der Waals surface area contributed by atoms with Crippen LogP contribution < -0.4 is 5.73 Å². The van der Waals surface area contributed by atoms with E-state index in [-0.39, 0.29) is 34.7 Å². The van der Waals surface area contributed by atoms with E-state index in [2.05, 4.69) is 115 Å². The molecule has 3 aliphatic carbocycles. The minimum atomic E-state index is -0.421. The van der Waals surface area contributed by atoms with Crippen molar-refractivity contribution in [3.8, 4) is 0 Å². The molecule has 4 aliphatic rings. The fraction of sp³-hybridized carbons (Fsp3) is 0.523. The van der Waals surface area contributed by atoms with Crippen LogP contribution in [0.1, 0.15) is 104 Å². The average Bonchev–Trinajstić information content (AvgIpc) is 3.46. The number of nitrogens with two attached hydrogens (primary N) is 1. The van der Waals surface area contributed by atoms with Gasteiger partial charge in [0.15, 0.2) is 0 Å². The van der Waals surface area contributed by atoms with E-state index < -0.39 is 5.60 Å². The van der Waals surface area contributed by atoms with Crippen molar-refractivity contribution in [3.63, 3.8) is 0 Å². The van der Waals surface area contributed by atoms with Gasteiger partial charge in [0.25, 0.3) is 0 Å². The molecule has 0 bridgehead atoms. The first kappa shape index (κ1) is 37.8. The van der Waals surface area contributed by atoms with E-state index in [0.29, 0.717) is 24.0 Å². The SMILES string of the molecule is CC(C)c1ccc2c(c1)CCC1C(C)(C(N)=O)CCCC21C.COC12CC(COC(=O)c3cncc(Br)c3)CN(C)C1Cc1cn(C)c3cccc2c13. The van der Waals surface area contributed by atoms with Gasteiger partial charge in [0.1, 0.15) is 5.60 Å². The number of aryl methyl sites for hydroxylation is 2. The Labute approximate surface area is 322 Å². The highest BCUT2D eigenvalue weighted by atomic mass is 79.9. The second kappa shape index (κ2) is 14.3. The summed E-state index contributed by atoms with van der Waals surface area (Å²) in [6.07, 6.45) is 12.6. The molecule has 8 nitrogen and oxygen atoms in total. The molecule has 9 heteroatoms. The number of likely N-dealkylation sites (tertiary alicyclic amines) is 1. The predicted molar refractivity (Wildman–Crippen MR) is 213 cm³/mol. The van der Waals surface area contributed by atoms with Crippen LogP contribution in [0.5, 0.6) is 0 Å². The first-order valence-electron chi connectivity index (χ1n) is 19.3. The van der Waals surface area contributed by atoms with E-state index in [1.54, 1.807) is 12.3 Å². The minimum Gasteiger partial charge on any atom is -0.462 e. The lowest BCUT2D eigenvalue weighted by molar-refractivity contribution is -0.135. The Morgan fingerprint density at radius 1 is 1.06 bits per heavy atom. The Balaban J connectivity index is 0.000000174. The van der Waals surface area contributed by atoms with E-state index in [9.17, 15) is 9.59 Å². The molecule has 6 unspecified atom stereocenters. The molecule has 0 radical (unpaired) electrons. The Morgan fingerprint density at radius 2 is 1.85 bits per heavy atom. The normalized spacial score (nSPS) is 29.0. The first-order chi connectivity index (χ1) is 25.2. The van der Waals surface area contributed by atoms with Gasteiger partial charge in [-0.2, -0.15) is 0 Å². The highest BCUT2D eigenvalue weighted by Crippen LogP contribution is 2.57. The smallest absolute Gasteiger partial charge is 0.339 e. The van der Waals surface area contributed by atoms with Crippen LogP contribution in [0.2, 0.25) is 0 Å². The van der Waals surface area contributed by atoms with Gasteiger partial charge in [-0.25, -0.2) is 4.79 Å². The predicted octanol–water partition coefficient (Wildman–Crippen LogP) is 8.22. The summed E-state index contributed by atoms with van der Waals surface area (Å²) in [5.74, 6) is 0.666. The summed E-state index contributed by atoms with van der Waals surface area (Å²) in [4.78, 5) is 31.1. The van der Waals surface area contributed by atoms with E-state index in [0.717, 1.165) is 49.5 Å². The molecule has 2 aromatic carbocycles. The maximum absolute atomic E-state index is 12.5. The van der Waals surface area contributed by atoms with Crippen molar-refractivity contribution < 1.29 is 19.1 Å². The molecule has 0 spiro atoms. The van der Waals surface area contributed by atoms with Crippen LogP contribution in [-0.2, 0) is 45.2 Å². The van der Waals surface area contributed by atoms with Crippen LogP contribution in [0.3, 0.4) is 0 Å². The van der Waals surface area contributed by atoms with Gasteiger partial charge in [0, 0.05) is 72.0 Å². The Kier molecular flexibility index (Phi) is 10.2. The van der Waals surface area contributed by atoms with Crippen LogP contribution in [0.25, 0.3) is 10.9 Å². The van der Waals surface area contributed by atoms with Gasteiger partial charge >= 0.3 is 5.97 Å². The highest BCUT2D eigenvalue weighted by molar-refractivity contribution is 9.10. The maximum atomic E-state index is 12.5. The first-order valence-corrected chi connectivity index (χ1v) is 20.0. The van der Waals surface area contributed by atoms with Gasteiger partial charge in [-0.3, -0.25) is 14.7 Å². The van der Waals surface area contributed by atoms with Crippen molar-refractivity contribution in [1.82, 2.24) is 14.5 Å². The molecule has 3 heterocycles. The maximum Gasteiger partial charge on any atom is 0.339 e. The van der Waals surface area contributed by atoms with E-state index >= 15 is 0 Å². The number of benzene rings is 2. The molecule has 2 aromatic heterocycles. The van der Waals surface area contributed by atoms with Crippen molar-refractivity contribution in [2.75, 3.05) is 27.3 Å². The molecule has 8 rings (SSSR count). The molecule has 2 N–H and O–H groups in total. The van der Waals surface area contributed by atoms with Gasteiger partial charge in [0.05, 0.1) is 12.2 Å². The number of pyridine rings is 1. The molecule has 1 saturated heterocycles. The number of fused-ring (bicyclic) bond motifs is 5. The van der Waals surface area contributed by atoms with Crippen LogP contribution >= 0.6 is 15.9 Å². The van der Waals surface area contributed by atoms with Crippen molar-refractivity contribution in [2.24, 2.45) is 30.0 Å². The molecule has 4 aromatic rings. The number of piperidine rings is 1. The van der Waals surface area contributed by atoms with Gasteiger partial charge in [-0.1, -0.05) is 64.4 Å².